The molecule has 1 atom stereocenters. The van der Waals surface area contributed by atoms with E-state index in [-0.39, 0.29) is 0 Å². The Hall–Kier alpha value is -1.72. The van der Waals surface area contributed by atoms with Crippen molar-refractivity contribution in [1.82, 2.24) is 20.3 Å². The number of nitrogens with zero attached hydrogens (tertiary/aromatic N) is 3. The number of aromatic nitrogens is 3. The van der Waals surface area contributed by atoms with Crippen LogP contribution in [0.3, 0.4) is 0 Å². The molecule has 0 amide bonds. The number of hydrogen-bond donors (Lipinski definition) is 2. The lowest BCUT2D eigenvalue weighted by Crippen LogP contribution is -2.19. The molecular weight excluding hydrogens is 252 g/mol. The normalized spacial score (nSPS) is 12.8. The van der Waals surface area contributed by atoms with Gasteiger partial charge in [-0.1, -0.05) is 49.4 Å². The molecular formula is C15H22N4O. The average molecular weight is 274 g/mol. The summed E-state index contributed by atoms with van der Waals surface area (Å²) >= 11 is 0. The molecule has 5 nitrogen and oxygen atoms in total. The van der Waals surface area contributed by atoms with Gasteiger partial charge in [0.1, 0.15) is 0 Å². The number of nitrogens with one attached hydrogen (secondary N) is 1. The predicted molar refractivity (Wildman–Crippen MR) is 78.0 cm³/mol. The Morgan fingerprint density at radius 1 is 1.25 bits per heavy atom. The van der Waals surface area contributed by atoms with Crippen molar-refractivity contribution < 1.29 is 5.11 Å². The van der Waals surface area contributed by atoms with Gasteiger partial charge in [-0.3, -0.25) is 0 Å². The summed E-state index contributed by atoms with van der Waals surface area (Å²) in [5.41, 5.74) is 1.79. The van der Waals surface area contributed by atoms with Gasteiger partial charge in [0.15, 0.2) is 0 Å². The number of aliphatic hydroxyl groups excluding tert-OH is 1. The van der Waals surface area contributed by atoms with Gasteiger partial charge in [-0.15, -0.1) is 5.10 Å². The van der Waals surface area contributed by atoms with E-state index in [2.05, 4.69) is 29.5 Å². The van der Waals surface area contributed by atoms with E-state index in [4.69, 9.17) is 0 Å². The third-order valence-corrected chi connectivity index (χ3v) is 2.99. The van der Waals surface area contributed by atoms with Crippen LogP contribution in [-0.2, 0) is 13.1 Å². The monoisotopic (exact) mass is 274 g/mol. The summed E-state index contributed by atoms with van der Waals surface area (Å²) in [5.74, 6) is 0.616. The predicted octanol–water partition coefficient (Wildman–Crippen LogP) is 1.76. The Morgan fingerprint density at radius 2 is 2.00 bits per heavy atom. The van der Waals surface area contributed by atoms with Crippen molar-refractivity contribution in [2.24, 2.45) is 5.92 Å². The van der Waals surface area contributed by atoms with Crippen molar-refractivity contribution in [3.8, 4) is 0 Å². The fraction of sp³-hybridized carbons (Fsp3) is 0.467. The second kappa shape index (κ2) is 7.17. The Balaban J connectivity index is 1.86. The Labute approximate surface area is 119 Å². The number of hydrogen-bond acceptors (Lipinski definition) is 4. The van der Waals surface area contributed by atoms with Crippen LogP contribution in [0.1, 0.15) is 31.2 Å². The molecule has 1 aromatic heterocycles. The molecule has 1 aromatic carbocycles. The van der Waals surface area contributed by atoms with Gasteiger partial charge in [-0.25, -0.2) is 4.68 Å². The zero-order valence-corrected chi connectivity index (χ0v) is 12.0. The van der Waals surface area contributed by atoms with Gasteiger partial charge in [0.25, 0.3) is 0 Å². The Bertz CT molecular complexity index is 510. The van der Waals surface area contributed by atoms with Crippen LogP contribution in [-0.4, -0.2) is 26.6 Å². The van der Waals surface area contributed by atoms with E-state index in [1.807, 2.05) is 36.5 Å². The molecule has 0 aliphatic carbocycles. The Morgan fingerprint density at radius 3 is 2.70 bits per heavy atom. The highest BCUT2D eigenvalue weighted by Crippen LogP contribution is 2.13. The average Bonchev–Trinajstić information content (AvgIpc) is 2.87. The van der Waals surface area contributed by atoms with Crippen LogP contribution >= 0.6 is 0 Å². The zero-order valence-electron chi connectivity index (χ0n) is 12.0. The largest absolute Gasteiger partial charge is 0.386 e. The van der Waals surface area contributed by atoms with Crippen LogP contribution in [0.15, 0.2) is 36.5 Å². The number of benzene rings is 1. The fourth-order valence-electron chi connectivity index (χ4n) is 1.96. The lowest BCUT2D eigenvalue weighted by atomic mass is 10.1. The highest BCUT2D eigenvalue weighted by atomic mass is 16.3. The standard InChI is InChI=1S/C15H22N4O/c1-12(2)8-16-9-14-10-19(18-17-14)11-15(20)13-6-4-3-5-7-13/h3-7,10,12,15-16,20H,8-9,11H2,1-2H3. The minimum atomic E-state index is -0.561. The molecule has 5 heteroatoms. The van der Waals surface area contributed by atoms with Gasteiger partial charge in [-0.2, -0.15) is 0 Å². The van der Waals surface area contributed by atoms with Crippen LogP contribution < -0.4 is 5.32 Å². The van der Waals surface area contributed by atoms with Gasteiger partial charge in [0, 0.05) is 12.7 Å². The minimum Gasteiger partial charge on any atom is -0.386 e. The lowest BCUT2D eigenvalue weighted by Gasteiger charge is -2.10. The molecule has 0 spiro atoms. The molecule has 0 saturated carbocycles. The van der Waals surface area contributed by atoms with E-state index >= 15 is 0 Å². The maximum absolute atomic E-state index is 10.1. The highest BCUT2D eigenvalue weighted by molar-refractivity contribution is 5.17. The minimum absolute atomic E-state index is 0.418. The molecule has 2 rings (SSSR count). The summed E-state index contributed by atoms with van der Waals surface area (Å²) < 4.78 is 1.68. The molecule has 108 valence electrons. The zero-order chi connectivity index (χ0) is 14.4. The highest BCUT2D eigenvalue weighted by Gasteiger charge is 2.09. The van der Waals surface area contributed by atoms with Crippen LogP contribution in [0.2, 0.25) is 0 Å². The number of rotatable bonds is 7. The van der Waals surface area contributed by atoms with E-state index in [9.17, 15) is 5.11 Å². The first kappa shape index (κ1) is 14.7. The van der Waals surface area contributed by atoms with Crippen molar-refractivity contribution in [2.45, 2.75) is 33.0 Å². The second-order valence-electron chi connectivity index (χ2n) is 5.38. The molecule has 0 aliphatic rings. The van der Waals surface area contributed by atoms with Gasteiger partial charge < -0.3 is 10.4 Å². The molecule has 0 aliphatic heterocycles. The van der Waals surface area contributed by atoms with Gasteiger partial charge in [0.2, 0.25) is 0 Å². The van der Waals surface area contributed by atoms with E-state index in [0.29, 0.717) is 19.0 Å². The van der Waals surface area contributed by atoms with Crippen molar-refractivity contribution in [1.29, 1.82) is 0 Å². The maximum atomic E-state index is 10.1. The van der Waals surface area contributed by atoms with Crippen LogP contribution in [0.5, 0.6) is 0 Å². The summed E-state index contributed by atoms with van der Waals surface area (Å²) in [7, 11) is 0. The molecule has 0 fully saturated rings. The number of aliphatic hydroxyl groups is 1. The van der Waals surface area contributed by atoms with Crippen LogP contribution in [0, 0.1) is 5.92 Å². The first-order valence-electron chi connectivity index (χ1n) is 6.98. The smallest absolute Gasteiger partial charge is 0.0986 e. The third kappa shape index (κ3) is 4.43. The maximum Gasteiger partial charge on any atom is 0.0986 e. The molecule has 2 aromatic rings. The van der Waals surface area contributed by atoms with Gasteiger partial charge >= 0.3 is 0 Å². The molecule has 1 unspecified atom stereocenters. The van der Waals surface area contributed by atoms with Crippen molar-refractivity contribution in [2.75, 3.05) is 6.54 Å². The summed E-state index contributed by atoms with van der Waals surface area (Å²) in [5, 5.41) is 21.6. The third-order valence-electron chi connectivity index (χ3n) is 2.99. The molecule has 0 bridgehead atoms. The van der Waals surface area contributed by atoms with E-state index in [0.717, 1.165) is 17.8 Å². The summed E-state index contributed by atoms with van der Waals surface area (Å²) in [6.07, 6.45) is 1.31. The first-order valence-corrected chi connectivity index (χ1v) is 6.98. The van der Waals surface area contributed by atoms with Gasteiger partial charge in [-0.05, 0) is 18.0 Å². The molecule has 2 N–H and O–H groups in total. The SMILES string of the molecule is CC(C)CNCc1cn(CC(O)c2ccccc2)nn1. The van der Waals surface area contributed by atoms with Crippen molar-refractivity contribution >= 4 is 0 Å². The topological polar surface area (TPSA) is 63.0 Å². The van der Waals surface area contributed by atoms with E-state index in [1.165, 1.54) is 0 Å². The Kier molecular flexibility index (Phi) is 5.26. The van der Waals surface area contributed by atoms with E-state index in [1.54, 1.807) is 4.68 Å². The lowest BCUT2D eigenvalue weighted by molar-refractivity contribution is 0.150. The summed E-state index contributed by atoms with van der Waals surface area (Å²) in [6, 6.07) is 9.59. The second-order valence-corrected chi connectivity index (χ2v) is 5.38. The summed E-state index contributed by atoms with van der Waals surface area (Å²) in [4.78, 5) is 0. The van der Waals surface area contributed by atoms with Crippen LogP contribution in [0.25, 0.3) is 0 Å². The molecule has 20 heavy (non-hydrogen) atoms. The molecule has 0 radical (unpaired) electrons. The van der Waals surface area contributed by atoms with E-state index < -0.39 is 6.10 Å². The summed E-state index contributed by atoms with van der Waals surface area (Å²) in [6.45, 7) is 6.42. The quantitative estimate of drug-likeness (QED) is 0.807. The van der Waals surface area contributed by atoms with Crippen molar-refractivity contribution in [3.05, 3.63) is 47.8 Å². The molecule has 0 saturated heterocycles. The molecule has 1 heterocycles. The van der Waals surface area contributed by atoms with Crippen LogP contribution in [0.4, 0.5) is 0 Å². The first-order chi connectivity index (χ1) is 9.65. The van der Waals surface area contributed by atoms with Gasteiger partial charge in [0.05, 0.1) is 18.3 Å². The van der Waals surface area contributed by atoms with Crippen molar-refractivity contribution in [3.63, 3.8) is 0 Å². The fourth-order valence-corrected chi connectivity index (χ4v) is 1.96.